The van der Waals surface area contributed by atoms with Crippen LogP contribution in [0.2, 0.25) is 0 Å². The highest BCUT2D eigenvalue weighted by atomic mass is 16.5. The highest BCUT2D eigenvalue weighted by molar-refractivity contribution is 6.07. The summed E-state index contributed by atoms with van der Waals surface area (Å²) < 4.78 is 5.15. The standard InChI is InChI=1S/C27H23N5O2/c1-32(2)20-11-14-24-22(15-20)25(29-17-18-7-5-4-6-8-18)23(16-28)26(30-24)31-27(33)19-9-12-21(34-3)13-10-19/h4-15,17H,1-3H3,(H,30,31,33). The zero-order valence-corrected chi connectivity index (χ0v) is 19.1. The minimum absolute atomic E-state index is 0.161. The Bertz CT molecular complexity index is 1410. The largest absolute Gasteiger partial charge is 0.497 e. The number of hydrogen-bond donors (Lipinski definition) is 1. The molecule has 7 nitrogen and oxygen atoms in total. The van der Waals surface area contributed by atoms with Gasteiger partial charge in [0.1, 0.15) is 17.4 Å². The second-order valence-corrected chi connectivity index (χ2v) is 7.74. The van der Waals surface area contributed by atoms with Gasteiger partial charge < -0.3 is 15.0 Å². The molecule has 0 unspecified atom stereocenters. The monoisotopic (exact) mass is 449 g/mol. The lowest BCUT2D eigenvalue weighted by molar-refractivity contribution is 0.102. The average molecular weight is 450 g/mol. The number of nitriles is 1. The molecule has 34 heavy (non-hydrogen) atoms. The molecule has 0 saturated heterocycles. The number of fused-ring (bicyclic) bond motifs is 1. The van der Waals surface area contributed by atoms with Gasteiger partial charge in [0.2, 0.25) is 0 Å². The zero-order valence-electron chi connectivity index (χ0n) is 19.1. The maximum atomic E-state index is 12.9. The Balaban J connectivity index is 1.83. The summed E-state index contributed by atoms with van der Waals surface area (Å²) in [5.74, 6) is 0.426. The second kappa shape index (κ2) is 9.84. The molecule has 1 aromatic heterocycles. The Kier molecular flexibility index (Phi) is 6.51. The third-order valence-corrected chi connectivity index (χ3v) is 5.30. The molecule has 0 aliphatic carbocycles. The summed E-state index contributed by atoms with van der Waals surface area (Å²) in [6.45, 7) is 0. The number of ether oxygens (including phenoxy) is 1. The van der Waals surface area contributed by atoms with Crippen molar-refractivity contribution in [2.75, 3.05) is 31.4 Å². The van der Waals surface area contributed by atoms with Crippen molar-refractivity contribution in [1.82, 2.24) is 4.98 Å². The van der Waals surface area contributed by atoms with E-state index < -0.39 is 0 Å². The first kappa shape index (κ1) is 22.5. The Morgan fingerprint density at radius 1 is 1.09 bits per heavy atom. The molecule has 0 atom stereocenters. The van der Waals surface area contributed by atoms with Gasteiger partial charge in [-0.1, -0.05) is 30.3 Å². The van der Waals surface area contributed by atoms with E-state index in [0.29, 0.717) is 22.5 Å². The lowest BCUT2D eigenvalue weighted by atomic mass is 10.1. The number of hydrogen-bond acceptors (Lipinski definition) is 6. The molecule has 0 bridgehead atoms. The third-order valence-electron chi connectivity index (χ3n) is 5.30. The predicted octanol–water partition coefficient (Wildman–Crippen LogP) is 5.18. The summed E-state index contributed by atoms with van der Waals surface area (Å²) in [4.78, 5) is 24.1. The molecule has 0 fully saturated rings. The molecule has 0 aliphatic heterocycles. The van der Waals surface area contributed by atoms with E-state index >= 15 is 0 Å². The number of rotatable bonds is 6. The van der Waals surface area contributed by atoms with Gasteiger partial charge in [-0.3, -0.25) is 9.79 Å². The second-order valence-electron chi connectivity index (χ2n) is 7.74. The molecule has 0 radical (unpaired) electrons. The maximum Gasteiger partial charge on any atom is 0.256 e. The molecule has 7 heteroatoms. The molecule has 4 aromatic rings. The highest BCUT2D eigenvalue weighted by Crippen LogP contribution is 2.35. The lowest BCUT2D eigenvalue weighted by Crippen LogP contribution is -2.14. The van der Waals surface area contributed by atoms with Crippen LogP contribution in [0.1, 0.15) is 21.5 Å². The van der Waals surface area contributed by atoms with E-state index in [-0.39, 0.29) is 17.3 Å². The molecule has 4 rings (SSSR count). The molecule has 168 valence electrons. The van der Waals surface area contributed by atoms with Crippen LogP contribution in [0, 0.1) is 11.3 Å². The molecular formula is C27H23N5O2. The number of aliphatic imine (C=N–C) groups is 1. The van der Waals surface area contributed by atoms with Gasteiger partial charge in [-0.05, 0) is 48.0 Å². The van der Waals surface area contributed by atoms with Gasteiger partial charge >= 0.3 is 0 Å². The smallest absolute Gasteiger partial charge is 0.256 e. The molecular weight excluding hydrogens is 426 g/mol. The van der Waals surface area contributed by atoms with Gasteiger partial charge in [-0.2, -0.15) is 5.26 Å². The molecule has 1 heterocycles. The Morgan fingerprint density at radius 3 is 2.47 bits per heavy atom. The first-order valence-corrected chi connectivity index (χ1v) is 10.6. The van der Waals surface area contributed by atoms with Crippen molar-refractivity contribution >= 4 is 40.2 Å². The number of carbonyl (C=O) groups is 1. The molecule has 0 saturated carbocycles. The van der Waals surface area contributed by atoms with Crippen molar-refractivity contribution in [3.05, 3.63) is 89.5 Å². The number of nitrogens with zero attached hydrogens (tertiary/aromatic N) is 4. The topological polar surface area (TPSA) is 90.6 Å². The van der Waals surface area contributed by atoms with Crippen LogP contribution in [-0.4, -0.2) is 38.3 Å². The first-order valence-electron chi connectivity index (χ1n) is 10.6. The zero-order chi connectivity index (χ0) is 24.1. The summed E-state index contributed by atoms with van der Waals surface area (Å²) in [6.07, 6.45) is 1.70. The van der Waals surface area contributed by atoms with E-state index in [4.69, 9.17) is 4.74 Å². The number of methoxy groups -OCH3 is 1. The minimum atomic E-state index is -0.381. The van der Waals surface area contributed by atoms with Crippen molar-refractivity contribution < 1.29 is 9.53 Å². The van der Waals surface area contributed by atoms with Crippen LogP contribution in [0.4, 0.5) is 17.2 Å². The SMILES string of the molecule is COc1ccc(C(=O)Nc2nc3ccc(N(C)C)cc3c(N=Cc3ccccc3)c2C#N)cc1. The van der Waals surface area contributed by atoms with Crippen LogP contribution in [0.5, 0.6) is 5.75 Å². The van der Waals surface area contributed by atoms with Crippen LogP contribution in [-0.2, 0) is 0 Å². The summed E-state index contributed by atoms with van der Waals surface area (Å²) in [5.41, 5.74) is 3.52. The van der Waals surface area contributed by atoms with Gasteiger partial charge in [0.05, 0.1) is 18.3 Å². The number of benzene rings is 3. The van der Waals surface area contributed by atoms with E-state index in [1.54, 1.807) is 37.6 Å². The Hall–Kier alpha value is -4.70. The normalized spacial score (nSPS) is 10.8. The number of carbonyl (C=O) groups excluding carboxylic acids is 1. The summed E-state index contributed by atoms with van der Waals surface area (Å²) in [7, 11) is 5.44. The van der Waals surface area contributed by atoms with Crippen LogP contribution >= 0.6 is 0 Å². The predicted molar refractivity (Wildman–Crippen MR) is 135 cm³/mol. The summed E-state index contributed by atoms with van der Waals surface area (Å²) in [5, 5.41) is 13.5. The molecule has 1 amide bonds. The van der Waals surface area contributed by atoms with Crippen molar-refractivity contribution in [2.45, 2.75) is 0 Å². The van der Waals surface area contributed by atoms with Crippen LogP contribution in [0.15, 0.2) is 77.8 Å². The van der Waals surface area contributed by atoms with Gasteiger partial charge in [0, 0.05) is 36.9 Å². The van der Waals surface area contributed by atoms with Gasteiger partial charge in [0.15, 0.2) is 5.82 Å². The fourth-order valence-corrected chi connectivity index (χ4v) is 3.44. The van der Waals surface area contributed by atoms with E-state index in [1.165, 1.54) is 0 Å². The lowest BCUT2D eigenvalue weighted by Gasteiger charge is -2.15. The number of pyridine rings is 1. The third kappa shape index (κ3) is 4.71. The van der Waals surface area contributed by atoms with Gasteiger partial charge in [-0.25, -0.2) is 4.98 Å². The molecule has 1 N–H and O–H groups in total. The maximum absolute atomic E-state index is 12.9. The van der Waals surface area contributed by atoms with Crippen molar-refractivity contribution in [3.8, 4) is 11.8 Å². The van der Waals surface area contributed by atoms with Gasteiger partial charge in [0.25, 0.3) is 5.91 Å². The minimum Gasteiger partial charge on any atom is -0.497 e. The van der Waals surface area contributed by atoms with E-state index in [0.717, 1.165) is 16.6 Å². The van der Waals surface area contributed by atoms with Crippen molar-refractivity contribution in [2.24, 2.45) is 4.99 Å². The van der Waals surface area contributed by atoms with Crippen molar-refractivity contribution in [3.63, 3.8) is 0 Å². The van der Waals surface area contributed by atoms with Crippen LogP contribution in [0.3, 0.4) is 0 Å². The average Bonchev–Trinajstić information content (AvgIpc) is 2.87. The summed E-state index contributed by atoms with van der Waals surface area (Å²) in [6, 6.07) is 24.2. The summed E-state index contributed by atoms with van der Waals surface area (Å²) >= 11 is 0. The quantitative estimate of drug-likeness (QED) is 0.410. The fraction of sp³-hybridized carbons (Fsp3) is 0.111. The van der Waals surface area contributed by atoms with Crippen LogP contribution < -0.4 is 15.0 Å². The van der Waals surface area contributed by atoms with Gasteiger partial charge in [-0.15, -0.1) is 0 Å². The first-order chi connectivity index (χ1) is 16.5. The molecule has 0 spiro atoms. The number of nitrogens with one attached hydrogen (secondary N) is 1. The fourth-order valence-electron chi connectivity index (χ4n) is 3.44. The van der Waals surface area contributed by atoms with E-state index in [9.17, 15) is 10.1 Å². The van der Waals surface area contributed by atoms with Crippen molar-refractivity contribution in [1.29, 1.82) is 5.26 Å². The number of amides is 1. The van der Waals surface area contributed by atoms with Crippen LogP contribution in [0.25, 0.3) is 10.9 Å². The number of anilines is 2. The molecule has 3 aromatic carbocycles. The molecule has 0 aliphatic rings. The van der Waals surface area contributed by atoms with E-state index in [1.807, 2.05) is 67.5 Å². The highest BCUT2D eigenvalue weighted by Gasteiger charge is 2.18. The van der Waals surface area contributed by atoms with E-state index in [2.05, 4.69) is 21.4 Å². The number of aromatic nitrogens is 1. The Morgan fingerprint density at radius 2 is 1.82 bits per heavy atom. The Labute approximate surface area is 198 Å².